The van der Waals surface area contributed by atoms with Crippen LogP contribution < -0.4 is 4.90 Å². The van der Waals surface area contributed by atoms with Crippen molar-refractivity contribution < 1.29 is 14.7 Å². The third-order valence-corrected chi connectivity index (χ3v) is 3.82. The van der Waals surface area contributed by atoms with Gasteiger partial charge in [-0.15, -0.1) is 0 Å². The normalized spacial score (nSPS) is 19.8. The summed E-state index contributed by atoms with van der Waals surface area (Å²) in [7, 11) is 0. The summed E-state index contributed by atoms with van der Waals surface area (Å²) < 4.78 is 0.618. The smallest absolute Gasteiger partial charge is 0.337 e. The van der Waals surface area contributed by atoms with Crippen molar-refractivity contribution in [3.8, 4) is 0 Å². The van der Waals surface area contributed by atoms with E-state index in [-0.39, 0.29) is 16.3 Å². The first-order valence-corrected chi connectivity index (χ1v) is 6.68. The zero-order chi connectivity index (χ0) is 12.6. The van der Waals surface area contributed by atoms with Crippen molar-refractivity contribution in [3.05, 3.63) is 28.2 Å². The molecule has 1 heterocycles. The number of rotatable bonds is 2. The topological polar surface area (TPSA) is 57.6 Å². The van der Waals surface area contributed by atoms with E-state index in [9.17, 15) is 9.59 Å². The molecule has 1 fully saturated rings. The summed E-state index contributed by atoms with van der Waals surface area (Å²) in [6.45, 7) is 0.488. The van der Waals surface area contributed by atoms with Crippen molar-refractivity contribution in [2.45, 2.75) is 11.2 Å². The number of carboxylic acid groups (broad SMARTS) is 1. The van der Waals surface area contributed by atoms with E-state index in [1.165, 1.54) is 11.0 Å². The highest BCUT2D eigenvalue weighted by Gasteiger charge is 2.32. The highest BCUT2D eigenvalue weighted by atomic mass is 79.9. The number of halogens is 2. The molecule has 0 aliphatic carbocycles. The lowest BCUT2D eigenvalue weighted by molar-refractivity contribution is -0.117. The fourth-order valence-corrected chi connectivity index (χ4v) is 2.99. The van der Waals surface area contributed by atoms with E-state index in [4.69, 9.17) is 5.11 Å². The predicted molar refractivity (Wildman–Crippen MR) is 70.8 cm³/mol. The van der Waals surface area contributed by atoms with Gasteiger partial charge in [-0.3, -0.25) is 4.79 Å². The first-order chi connectivity index (χ1) is 8.00. The average Bonchev–Trinajstić information content (AvgIpc) is 2.57. The van der Waals surface area contributed by atoms with Crippen LogP contribution in [0.4, 0.5) is 5.69 Å². The summed E-state index contributed by atoms with van der Waals surface area (Å²) in [6.07, 6.45) is 0.389. The van der Waals surface area contributed by atoms with Gasteiger partial charge in [0.05, 0.1) is 11.3 Å². The predicted octanol–water partition coefficient (Wildman–Crippen LogP) is 2.65. The maximum absolute atomic E-state index is 11.8. The van der Waals surface area contributed by atoms with Gasteiger partial charge in [0, 0.05) is 22.3 Å². The summed E-state index contributed by atoms with van der Waals surface area (Å²) in [5, 5.41) is 9.13. The number of para-hydroxylation sites is 1. The number of alkyl halides is 1. The van der Waals surface area contributed by atoms with E-state index in [0.29, 0.717) is 23.1 Å². The second-order valence-corrected chi connectivity index (χ2v) is 5.90. The molecule has 4 nitrogen and oxygen atoms in total. The first-order valence-electron chi connectivity index (χ1n) is 4.97. The molecule has 6 heteroatoms. The summed E-state index contributed by atoms with van der Waals surface area (Å²) in [4.78, 5) is 24.5. The van der Waals surface area contributed by atoms with Crippen molar-refractivity contribution >= 4 is 49.4 Å². The molecule has 1 N–H and O–H groups in total. The van der Waals surface area contributed by atoms with Gasteiger partial charge in [-0.05, 0) is 28.1 Å². The summed E-state index contributed by atoms with van der Waals surface area (Å²) in [5.74, 6) is -1.10. The van der Waals surface area contributed by atoms with Crippen molar-refractivity contribution in [2.75, 3.05) is 11.4 Å². The Morgan fingerprint density at radius 3 is 2.71 bits per heavy atom. The molecule has 90 valence electrons. The van der Waals surface area contributed by atoms with Gasteiger partial charge in [0.1, 0.15) is 0 Å². The number of carbonyl (C=O) groups is 2. The average molecular weight is 363 g/mol. The van der Waals surface area contributed by atoms with E-state index in [0.717, 1.165) is 0 Å². The van der Waals surface area contributed by atoms with E-state index in [2.05, 4.69) is 31.9 Å². The van der Waals surface area contributed by atoms with E-state index >= 15 is 0 Å². The van der Waals surface area contributed by atoms with Crippen LogP contribution in [0.2, 0.25) is 0 Å². The fraction of sp³-hybridized carbons (Fsp3) is 0.273. The minimum atomic E-state index is -1.04. The van der Waals surface area contributed by atoms with Gasteiger partial charge in [0.15, 0.2) is 0 Å². The van der Waals surface area contributed by atoms with Crippen molar-refractivity contribution in [1.29, 1.82) is 0 Å². The van der Waals surface area contributed by atoms with Crippen LogP contribution in [-0.4, -0.2) is 28.4 Å². The summed E-state index contributed by atoms with van der Waals surface area (Å²) in [6, 6.07) is 4.87. The van der Waals surface area contributed by atoms with E-state index in [1.807, 2.05) is 0 Å². The lowest BCUT2D eigenvalue weighted by Gasteiger charge is -2.19. The van der Waals surface area contributed by atoms with Gasteiger partial charge >= 0.3 is 5.97 Å². The minimum Gasteiger partial charge on any atom is -0.478 e. The molecule has 1 aliphatic heterocycles. The molecule has 0 bridgehead atoms. The number of carboxylic acids is 1. The van der Waals surface area contributed by atoms with Gasteiger partial charge < -0.3 is 10.0 Å². The molecule has 1 amide bonds. The third kappa shape index (κ3) is 2.37. The lowest BCUT2D eigenvalue weighted by Crippen LogP contribution is -2.27. The lowest BCUT2D eigenvalue weighted by atomic mass is 10.1. The molecule has 1 unspecified atom stereocenters. The van der Waals surface area contributed by atoms with Crippen molar-refractivity contribution in [3.63, 3.8) is 0 Å². The fourth-order valence-electron chi connectivity index (χ4n) is 1.84. The highest BCUT2D eigenvalue weighted by molar-refractivity contribution is 9.10. The number of hydrogen-bond acceptors (Lipinski definition) is 2. The minimum absolute atomic E-state index is 0.0683. The Morgan fingerprint density at radius 2 is 2.18 bits per heavy atom. The van der Waals surface area contributed by atoms with Gasteiger partial charge in [0.25, 0.3) is 0 Å². The second kappa shape index (κ2) is 4.78. The maximum atomic E-state index is 11.8. The Labute approximate surface area is 115 Å². The molecule has 1 aliphatic rings. The summed E-state index contributed by atoms with van der Waals surface area (Å²) in [5.41, 5.74) is 0.571. The van der Waals surface area contributed by atoms with E-state index in [1.54, 1.807) is 12.1 Å². The molecular formula is C11H9Br2NO3. The molecule has 1 aromatic rings. The molecule has 0 spiro atoms. The van der Waals surface area contributed by atoms with Crippen LogP contribution in [0, 0.1) is 0 Å². The zero-order valence-electron chi connectivity index (χ0n) is 8.69. The number of amides is 1. The van der Waals surface area contributed by atoms with Crippen LogP contribution >= 0.6 is 31.9 Å². The number of nitrogens with zero attached hydrogens (tertiary/aromatic N) is 1. The molecule has 0 aromatic heterocycles. The molecule has 17 heavy (non-hydrogen) atoms. The van der Waals surface area contributed by atoms with Crippen molar-refractivity contribution in [2.24, 2.45) is 0 Å². The second-order valence-electron chi connectivity index (χ2n) is 3.75. The van der Waals surface area contributed by atoms with Crippen LogP contribution in [0.15, 0.2) is 22.7 Å². The molecule has 1 aromatic carbocycles. The number of anilines is 1. The Hall–Kier alpha value is -0.880. The Kier molecular flexibility index (Phi) is 3.53. The van der Waals surface area contributed by atoms with E-state index < -0.39 is 5.97 Å². The standard InChI is InChI=1S/C11H9Br2NO3/c12-6-4-9(15)14(5-6)10-7(11(16)17)2-1-3-8(10)13/h1-3,6H,4-5H2,(H,16,17). The largest absolute Gasteiger partial charge is 0.478 e. The van der Waals surface area contributed by atoms with Gasteiger partial charge in [0.2, 0.25) is 5.91 Å². The Balaban J connectivity index is 2.51. The molecular weight excluding hydrogens is 354 g/mol. The van der Waals surface area contributed by atoms with Gasteiger partial charge in [-0.1, -0.05) is 22.0 Å². The zero-order valence-corrected chi connectivity index (χ0v) is 11.9. The van der Waals surface area contributed by atoms with Crippen LogP contribution in [0.1, 0.15) is 16.8 Å². The van der Waals surface area contributed by atoms with Crippen molar-refractivity contribution in [1.82, 2.24) is 0 Å². The molecule has 0 saturated carbocycles. The van der Waals surface area contributed by atoms with Crippen LogP contribution in [0.25, 0.3) is 0 Å². The summed E-state index contributed by atoms with van der Waals surface area (Å²) >= 11 is 6.68. The molecule has 2 rings (SSSR count). The number of carbonyl (C=O) groups excluding carboxylic acids is 1. The Morgan fingerprint density at radius 1 is 1.47 bits per heavy atom. The number of benzene rings is 1. The van der Waals surface area contributed by atoms with Crippen LogP contribution in [0.5, 0.6) is 0 Å². The quantitative estimate of drug-likeness (QED) is 0.823. The maximum Gasteiger partial charge on any atom is 0.337 e. The first kappa shape index (κ1) is 12.6. The highest BCUT2D eigenvalue weighted by Crippen LogP contribution is 2.34. The number of aromatic carboxylic acids is 1. The van der Waals surface area contributed by atoms with Crippen LogP contribution in [-0.2, 0) is 4.79 Å². The SMILES string of the molecule is O=C(O)c1cccc(Br)c1N1CC(Br)CC1=O. The van der Waals surface area contributed by atoms with Crippen LogP contribution in [0.3, 0.4) is 0 Å². The molecule has 0 radical (unpaired) electrons. The van der Waals surface area contributed by atoms with Gasteiger partial charge in [-0.25, -0.2) is 4.79 Å². The number of hydrogen-bond donors (Lipinski definition) is 1. The monoisotopic (exact) mass is 361 g/mol. The molecule has 1 atom stereocenters. The van der Waals surface area contributed by atoms with Gasteiger partial charge in [-0.2, -0.15) is 0 Å². The molecule has 1 saturated heterocycles. The third-order valence-electron chi connectivity index (χ3n) is 2.56. The Bertz CT molecular complexity index is 490.